The summed E-state index contributed by atoms with van der Waals surface area (Å²) in [6.07, 6.45) is 0.288. The number of hydrogen-bond donors (Lipinski definition) is 2. The number of aryl methyl sites for hydroxylation is 2. The fraction of sp³-hybridized carbons (Fsp3) is 0.524. The first-order chi connectivity index (χ1) is 13.5. The Labute approximate surface area is 164 Å². The van der Waals surface area contributed by atoms with Crippen molar-refractivity contribution in [1.29, 1.82) is 0 Å². The molecule has 1 aromatic carbocycles. The smallest absolute Gasteiger partial charge is 0.336 e. The number of carbonyl (C=O) groups is 1. The Kier molecular flexibility index (Phi) is 6.70. The topological polar surface area (TPSA) is 82.2 Å². The molecule has 0 saturated carbocycles. The van der Waals surface area contributed by atoms with Gasteiger partial charge in [-0.3, -0.25) is 4.79 Å². The number of carbonyl (C=O) groups excluding carboxylic acids is 1. The van der Waals surface area contributed by atoms with Gasteiger partial charge in [0, 0.05) is 30.0 Å². The molecule has 2 heterocycles. The Bertz CT molecular complexity index is 886. The molecular weight excluding hydrogens is 360 g/mol. The van der Waals surface area contributed by atoms with Crippen LogP contribution >= 0.6 is 0 Å². The number of ether oxygens (including phenoxy) is 2. The third kappa shape index (κ3) is 4.91. The van der Waals surface area contributed by atoms with E-state index in [-0.39, 0.29) is 5.91 Å². The molecule has 1 amide bonds. The Morgan fingerprint density at radius 3 is 2.79 bits per heavy atom. The van der Waals surface area contributed by atoms with Gasteiger partial charge in [0.25, 0.3) is 5.91 Å². The van der Waals surface area contributed by atoms with Gasteiger partial charge in [-0.1, -0.05) is 0 Å². The van der Waals surface area contributed by atoms with Gasteiger partial charge in [0.05, 0.1) is 19.8 Å². The van der Waals surface area contributed by atoms with Gasteiger partial charge in [0.2, 0.25) is 0 Å². The molecule has 2 N–H and O–H groups in total. The first kappa shape index (κ1) is 20.4. The molecule has 0 aliphatic carbocycles. The second-order valence-corrected chi connectivity index (χ2v) is 7.33. The van der Waals surface area contributed by atoms with Crippen LogP contribution in [0.5, 0.6) is 5.75 Å². The van der Waals surface area contributed by atoms with Crippen molar-refractivity contribution in [2.24, 2.45) is 0 Å². The Morgan fingerprint density at radius 1 is 1.29 bits per heavy atom. The molecule has 7 heteroatoms. The van der Waals surface area contributed by atoms with E-state index in [1.165, 1.54) is 11.0 Å². The second kappa shape index (κ2) is 9.21. The molecule has 0 bridgehead atoms. The zero-order chi connectivity index (χ0) is 20.1. The summed E-state index contributed by atoms with van der Waals surface area (Å²) in [5.41, 5.74) is 1.69. The van der Waals surface area contributed by atoms with Crippen LogP contribution in [0.15, 0.2) is 27.4 Å². The number of hydrogen-bond acceptors (Lipinski definition) is 5. The zero-order valence-electron chi connectivity index (χ0n) is 16.8. The first-order valence-corrected chi connectivity index (χ1v) is 9.85. The molecular formula is C21H29N2O5+. The van der Waals surface area contributed by atoms with Crippen molar-refractivity contribution >= 4 is 16.9 Å². The summed E-state index contributed by atoms with van der Waals surface area (Å²) in [7, 11) is 0. The predicted molar refractivity (Wildman–Crippen MR) is 106 cm³/mol. The van der Waals surface area contributed by atoms with Crippen molar-refractivity contribution < 1.29 is 23.6 Å². The maximum absolute atomic E-state index is 12.3. The molecule has 0 radical (unpaired) electrons. The Balaban J connectivity index is 1.54. The summed E-state index contributed by atoms with van der Waals surface area (Å²) in [5.74, 6) is 0.392. The van der Waals surface area contributed by atoms with Crippen molar-refractivity contribution in [3.05, 3.63) is 39.7 Å². The number of fused-ring (bicyclic) bond motifs is 1. The van der Waals surface area contributed by atoms with Crippen molar-refractivity contribution in [1.82, 2.24) is 5.32 Å². The van der Waals surface area contributed by atoms with Crippen LogP contribution in [-0.2, 0) is 9.53 Å². The summed E-state index contributed by atoms with van der Waals surface area (Å²) >= 11 is 0. The summed E-state index contributed by atoms with van der Waals surface area (Å²) in [4.78, 5) is 25.5. The highest BCUT2D eigenvalue weighted by atomic mass is 16.5. The SMILES string of the molecule is Cc1cc(=O)oc2c(C)c(O[C@@H](C)C(=O)NCCC[NH+]3CCOCC3)ccc12. The minimum absolute atomic E-state index is 0.151. The summed E-state index contributed by atoms with van der Waals surface area (Å²) in [6.45, 7) is 10.8. The lowest BCUT2D eigenvalue weighted by Gasteiger charge is -2.23. The average Bonchev–Trinajstić information content (AvgIpc) is 2.68. The molecule has 1 atom stereocenters. The van der Waals surface area contributed by atoms with Crippen LogP contribution in [0.3, 0.4) is 0 Å². The third-order valence-electron chi connectivity index (χ3n) is 5.20. The highest BCUT2D eigenvalue weighted by Gasteiger charge is 2.18. The second-order valence-electron chi connectivity index (χ2n) is 7.33. The maximum Gasteiger partial charge on any atom is 0.336 e. The number of morpholine rings is 1. The fourth-order valence-corrected chi connectivity index (χ4v) is 3.48. The van der Waals surface area contributed by atoms with Crippen molar-refractivity contribution in [2.45, 2.75) is 33.3 Å². The van der Waals surface area contributed by atoms with Gasteiger partial charge >= 0.3 is 5.63 Å². The van der Waals surface area contributed by atoms with Gasteiger partial charge in [-0.05, 0) is 38.5 Å². The summed E-state index contributed by atoms with van der Waals surface area (Å²) in [6, 6.07) is 5.14. The van der Waals surface area contributed by atoms with Crippen molar-refractivity contribution in [2.75, 3.05) is 39.4 Å². The maximum atomic E-state index is 12.3. The molecule has 2 aromatic rings. The van der Waals surface area contributed by atoms with E-state index in [0.717, 1.165) is 50.2 Å². The monoisotopic (exact) mass is 389 g/mol. The number of quaternary nitrogens is 1. The lowest BCUT2D eigenvalue weighted by atomic mass is 10.1. The van der Waals surface area contributed by atoms with E-state index in [1.54, 1.807) is 6.92 Å². The van der Waals surface area contributed by atoms with Gasteiger partial charge in [0.15, 0.2) is 6.10 Å². The van der Waals surface area contributed by atoms with E-state index in [9.17, 15) is 9.59 Å². The number of nitrogens with one attached hydrogen (secondary N) is 2. The molecule has 0 spiro atoms. The molecule has 1 aliphatic rings. The van der Waals surface area contributed by atoms with Gasteiger partial charge < -0.3 is 24.1 Å². The first-order valence-electron chi connectivity index (χ1n) is 9.85. The van der Waals surface area contributed by atoms with Crippen LogP contribution in [0.1, 0.15) is 24.5 Å². The lowest BCUT2D eigenvalue weighted by Crippen LogP contribution is -3.14. The summed E-state index contributed by atoms with van der Waals surface area (Å²) in [5, 5.41) is 3.80. The van der Waals surface area contributed by atoms with Gasteiger partial charge in [-0.25, -0.2) is 4.79 Å². The Hall–Kier alpha value is -2.38. The molecule has 3 rings (SSSR count). The molecule has 0 unspecified atom stereocenters. The van der Waals surface area contributed by atoms with Crippen LogP contribution in [-0.4, -0.2) is 51.4 Å². The van der Waals surface area contributed by atoms with E-state index in [2.05, 4.69) is 5.32 Å². The van der Waals surface area contributed by atoms with E-state index in [4.69, 9.17) is 13.9 Å². The third-order valence-corrected chi connectivity index (χ3v) is 5.20. The highest BCUT2D eigenvalue weighted by molar-refractivity contribution is 5.85. The predicted octanol–water partition coefficient (Wildman–Crippen LogP) is 0.599. The van der Waals surface area contributed by atoms with Crippen LogP contribution < -0.4 is 20.6 Å². The van der Waals surface area contributed by atoms with Gasteiger partial charge in [-0.15, -0.1) is 0 Å². The Morgan fingerprint density at radius 2 is 2.04 bits per heavy atom. The number of amides is 1. The molecule has 1 fully saturated rings. The molecule has 1 aliphatic heterocycles. The zero-order valence-corrected chi connectivity index (χ0v) is 16.8. The standard InChI is InChI=1S/C21H28N2O5/c1-14-13-19(24)28-20-15(2)18(6-5-17(14)20)27-16(3)21(25)22-7-4-8-23-9-11-26-12-10-23/h5-6,13,16H,4,7-12H2,1-3H3,(H,22,25)/p+1/t16-/m0/s1. The number of rotatable bonds is 7. The van der Waals surface area contributed by atoms with E-state index in [1.807, 2.05) is 26.0 Å². The van der Waals surface area contributed by atoms with E-state index in [0.29, 0.717) is 23.4 Å². The van der Waals surface area contributed by atoms with Crippen LogP contribution in [0.25, 0.3) is 11.0 Å². The average molecular weight is 389 g/mol. The van der Waals surface area contributed by atoms with Gasteiger partial charge in [0.1, 0.15) is 24.4 Å². The summed E-state index contributed by atoms with van der Waals surface area (Å²) < 4.78 is 16.5. The van der Waals surface area contributed by atoms with Crippen molar-refractivity contribution in [3.8, 4) is 5.75 Å². The van der Waals surface area contributed by atoms with Crippen LogP contribution in [0, 0.1) is 13.8 Å². The van der Waals surface area contributed by atoms with Gasteiger partial charge in [-0.2, -0.15) is 0 Å². The minimum Gasteiger partial charge on any atom is -0.480 e. The minimum atomic E-state index is -0.636. The van der Waals surface area contributed by atoms with E-state index >= 15 is 0 Å². The van der Waals surface area contributed by atoms with Crippen molar-refractivity contribution in [3.63, 3.8) is 0 Å². The molecule has 1 aromatic heterocycles. The lowest BCUT2D eigenvalue weighted by molar-refractivity contribution is -0.908. The molecule has 1 saturated heterocycles. The number of benzene rings is 1. The van der Waals surface area contributed by atoms with E-state index < -0.39 is 11.7 Å². The highest BCUT2D eigenvalue weighted by Crippen LogP contribution is 2.28. The molecule has 7 nitrogen and oxygen atoms in total. The van der Waals surface area contributed by atoms with Crippen LogP contribution in [0.4, 0.5) is 0 Å². The quantitative estimate of drug-likeness (QED) is 0.535. The van der Waals surface area contributed by atoms with Crippen LogP contribution in [0.2, 0.25) is 0 Å². The molecule has 152 valence electrons. The largest absolute Gasteiger partial charge is 0.480 e. The molecule has 28 heavy (non-hydrogen) atoms. The fourth-order valence-electron chi connectivity index (χ4n) is 3.48. The normalized spacial score (nSPS) is 16.1.